The fraction of sp³-hybridized carbons (Fsp3) is 0.818. The molecule has 0 saturated heterocycles. The van der Waals surface area contributed by atoms with Crippen molar-refractivity contribution in [1.29, 1.82) is 0 Å². The van der Waals surface area contributed by atoms with Crippen LogP contribution < -0.4 is 5.32 Å². The standard InChI is InChI=1S/C11H23N/c1-5-7-8-9-12-11(6-2)10(3)4/h5,7,10-12H,6,8-9H2,1-4H3/b7-5+. The molecule has 0 aromatic carbocycles. The molecule has 0 rings (SSSR count). The van der Waals surface area contributed by atoms with Gasteiger partial charge in [-0.1, -0.05) is 32.9 Å². The van der Waals surface area contributed by atoms with Gasteiger partial charge in [0.05, 0.1) is 0 Å². The van der Waals surface area contributed by atoms with Crippen molar-refractivity contribution in [3.05, 3.63) is 12.2 Å². The Morgan fingerprint density at radius 3 is 2.42 bits per heavy atom. The molecule has 0 saturated carbocycles. The van der Waals surface area contributed by atoms with E-state index in [1.54, 1.807) is 0 Å². The highest BCUT2D eigenvalue weighted by Crippen LogP contribution is 2.04. The molecule has 1 atom stereocenters. The molecule has 0 aliphatic heterocycles. The van der Waals surface area contributed by atoms with Crippen molar-refractivity contribution >= 4 is 0 Å². The summed E-state index contributed by atoms with van der Waals surface area (Å²) in [6.45, 7) is 9.97. The molecule has 0 spiro atoms. The molecule has 0 aromatic rings. The highest BCUT2D eigenvalue weighted by molar-refractivity contribution is 4.79. The van der Waals surface area contributed by atoms with E-state index in [9.17, 15) is 0 Å². The summed E-state index contributed by atoms with van der Waals surface area (Å²) < 4.78 is 0. The van der Waals surface area contributed by atoms with Crippen LogP contribution in [0, 0.1) is 5.92 Å². The zero-order chi connectivity index (χ0) is 9.40. The van der Waals surface area contributed by atoms with Crippen molar-refractivity contribution in [1.82, 2.24) is 5.32 Å². The lowest BCUT2D eigenvalue weighted by Crippen LogP contribution is -2.33. The van der Waals surface area contributed by atoms with Gasteiger partial charge in [0.15, 0.2) is 0 Å². The Morgan fingerprint density at radius 1 is 1.33 bits per heavy atom. The summed E-state index contributed by atoms with van der Waals surface area (Å²) >= 11 is 0. The zero-order valence-corrected chi connectivity index (χ0v) is 8.93. The largest absolute Gasteiger partial charge is 0.313 e. The third-order valence-electron chi connectivity index (χ3n) is 2.20. The first-order valence-electron chi connectivity index (χ1n) is 5.06. The maximum absolute atomic E-state index is 3.55. The van der Waals surface area contributed by atoms with E-state index >= 15 is 0 Å². The lowest BCUT2D eigenvalue weighted by molar-refractivity contribution is 0.392. The van der Waals surface area contributed by atoms with Crippen LogP contribution in [-0.4, -0.2) is 12.6 Å². The molecular formula is C11H23N. The van der Waals surface area contributed by atoms with E-state index in [0.29, 0.717) is 6.04 Å². The van der Waals surface area contributed by atoms with Gasteiger partial charge in [-0.25, -0.2) is 0 Å². The fourth-order valence-corrected chi connectivity index (χ4v) is 1.37. The summed E-state index contributed by atoms with van der Waals surface area (Å²) in [5, 5.41) is 3.55. The van der Waals surface area contributed by atoms with Gasteiger partial charge in [-0.05, 0) is 32.2 Å². The van der Waals surface area contributed by atoms with Crippen molar-refractivity contribution in [2.45, 2.75) is 46.6 Å². The first kappa shape index (κ1) is 11.7. The van der Waals surface area contributed by atoms with E-state index in [1.165, 1.54) is 6.42 Å². The quantitative estimate of drug-likeness (QED) is 0.476. The molecule has 1 nitrogen and oxygen atoms in total. The predicted octanol–water partition coefficient (Wildman–Crippen LogP) is 2.98. The summed E-state index contributed by atoms with van der Waals surface area (Å²) in [4.78, 5) is 0. The number of hydrogen-bond acceptors (Lipinski definition) is 1. The van der Waals surface area contributed by atoms with Crippen LogP contribution in [0.15, 0.2) is 12.2 Å². The normalized spacial score (nSPS) is 14.4. The molecule has 0 heterocycles. The monoisotopic (exact) mass is 169 g/mol. The van der Waals surface area contributed by atoms with E-state index in [0.717, 1.165) is 18.9 Å². The third kappa shape index (κ3) is 5.36. The van der Waals surface area contributed by atoms with Crippen LogP contribution in [0.25, 0.3) is 0 Å². The molecular weight excluding hydrogens is 146 g/mol. The topological polar surface area (TPSA) is 12.0 Å². The van der Waals surface area contributed by atoms with Crippen molar-refractivity contribution < 1.29 is 0 Å². The second-order valence-corrected chi connectivity index (χ2v) is 3.57. The van der Waals surface area contributed by atoms with Crippen molar-refractivity contribution in [2.24, 2.45) is 5.92 Å². The molecule has 1 unspecified atom stereocenters. The second-order valence-electron chi connectivity index (χ2n) is 3.57. The first-order chi connectivity index (χ1) is 5.72. The van der Waals surface area contributed by atoms with Gasteiger partial charge in [0.1, 0.15) is 0 Å². The van der Waals surface area contributed by atoms with Crippen LogP contribution >= 0.6 is 0 Å². The van der Waals surface area contributed by atoms with Crippen LogP contribution in [0.3, 0.4) is 0 Å². The minimum atomic E-state index is 0.690. The lowest BCUT2D eigenvalue weighted by Gasteiger charge is -2.20. The van der Waals surface area contributed by atoms with Gasteiger partial charge in [-0.3, -0.25) is 0 Å². The van der Waals surface area contributed by atoms with Crippen molar-refractivity contribution in [3.8, 4) is 0 Å². The van der Waals surface area contributed by atoms with Gasteiger partial charge in [-0.2, -0.15) is 0 Å². The average Bonchev–Trinajstić information content (AvgIpc) is 2.04. The SMILES string of the molecule is C/C=C/CCNC(CC)C(C)C. The van der Waals surface area contributed by atoms with E-state index in [4.69, 9.17) is 0 Å². The Hall–Kier alpha value is -0.300. The number of rotatable bonds is 6. The molecule has 0 aliphatic rings. The predicted molar refractivity (Wildman–Crippen MR) is 56.4 cm³/mol. The van der Waals surface area contributed by atoms with Gasteiger partial charge in [0.25, 0.3) is 0 Å². The van der Waals surface area contributed by atoms with Gasteiger partial charge >= 0.3 is 0 Å². The Bertz CT molecular complexity index is 116. The van der Waals surface area contributed by atoms with Crippen molar-refractivity contribution in [2.75, 3.05) is 6.54 Å². The third-order valence-corrected chi connectivity index (χ3v) is 2.20. The molecule has 0 amide bonds. The molecule has 12 heavy (non-hydrogen) atoms. The summed E-state index contributed by atoms with van der Waals surface area (Å²) in [7, 11) is 0. The lowest BCUT2D eigenvalue weighted by atomic mass is 10.0. The van der Waals surface area contributed by atoms with Crippen LogP contribution in [0.5, 0.6) is 0 Å². The van der Waals surface area contributed by atoms with Crippen LogP contribution in [-0.2, 0) is 0 Å². The first-order valence-corrected chi connectivity index (χ1v) is 5.06. The number of hydrogen-bond donors (Lipinski definition) is 1. The molecule has 72 valence electrons. The van der Waals surface area contributed by atoms with E-state index < -0.39 is 0 Å². The summed E-state index contributed by atoms with van der Waals surface area (Å²) in [6.07, 6.45) is 6.70. The Morgan fingerprint density at radius 2 is 2.00 bits per heavy atom. The zero-order valence-electron chi connectivity index (χ0n) is 8.93. The van der Waals surface area contributed by atoms with Crippen LogP contribution in [0.1, 0.15) is 40.5 Å². The van der Waals surface area contributed by atoms with Crippen LogP contribution in [0.4, 0.5) is 0 Å². The minimum absolute atomic E-state index is 0.690. The minimum Gasteiger partial charge on any atom is -0.313 e. The maximum atomic E-state index is 3.55. The molecule has 0 aromatic heterocycles. The van der Waals surface area contributed by atoms with Gasteiger partial charge in [0, 0.05) is 6.04 Å². The molecule has 1 N–H and O–H groups in total. The highest BCUT2D eigenvalue weighted by atomic mass is 14.9. The summed E-state index contributed by atoms with van der Waals surface area (Å²) in [5.41, 5.74) is 0. The van der Waals surface area contributed by atoms with Crippen LogP contribution in [0.2, 0.25) is 0 Å². The highest BCUT2D eigenvalue weighted by Gasteiger charge is 2.08. The van der Waals surface area contributed by atoms with Crippen molar-refractivity contribution in [3.63, 3.8) is 0 Å². The van der Waals surface area contributed by atoms with E-state index in [1.807, 2.05) is 0 Å². The van der Waals surface area contributed by atoms with E-state index in [-0.39, 0.29) is 0 Å². The average molecular weight is 169 g/mol. The molecule has 0 radical (unpaired) electrons. The summed E-state index contributed by atoms with van der Waals surface area (Å²) in [5.74, 6) is 0.751. The Kier molecular flexibility index (Phi) is 7.17. The van der Waals surface area contributed by atoms with Gasteiger partial charge < -0.3 is 5.32 Å². The Balaban J connectivity index is 3.45. The Labute approximate surface area is 77.2 Å². The second kappa shape index (κ2) is 7.35. The smallest absolute Gasteiger partial charge is 0.00875 e. The number of allylic oxidation sites excluding steroid dienone is 1. The van der Waals surface area contributed by atoms with Gasteiger partial charge in [0.2, 0.25) is 0 Å². The maximum Gasteiger partial charge on any atom is 0.00875 e. The molecule has 1 heteroatoms. The summed E-state index contributed by atoms with van der Waals surface area (Å²) in [6, 6.07) is 0.690. The molecule has 0 bridgehead atoms. The molecule has 0 aliphatic carbocycles. The van der Waals surface area contributed by atoms with E-state index in [2.05, 4.69) is 45.2 Å². The van der Waals surface area contributed by atoms with Gasteiger partial charge in [-0.15, -0.1) is 0 Å². The molecule has 0 fully saturated rings. The number of nitrogens with one attached hydrogen (secondary N) is 1. The fourth-order valence-electron chi connectivity index (χ4n) is 1.37.